The Kier molecular flexibility index (Phi) is 7.68. The van der Waals surface area contributed by atoms with E-state index >= 15 is 0 Å². The van der Waals surface area contributed by atoms with Gasteiger partial charge in [0.2, 0.25) is 0 Å². The molecule has 0 nitrogen and oxygen atoms in total. The van der Waals surface area contributed by atoms with Crippen molar-refractivity contribution in [3.63, 3.8) is 0 Å². The number of hydrogen-bond donors (Lipinski definition) is 0. The quantitative estimate of drug-likeness (QED) is 0.254. The second kappa shape index (κ2) is 8.64. The molecule has 0 amide bonds. The van der Waals surface area contributed by atoms with E-state index in [1.165, 1.54) is 22.3 Å². The van der Waals surface area contributed by atoms with Crippen molar-refractivity contribution in [1.82, 2.24) is 0 Å². The van der Waals surface area contributed by atoms with E-state index in [1.807, 2.05) is 0 Å². The van der Waals surface area contributed by atoms with Crippen LogP contribution >= 0.6 is 17.2 Å². The fourth-order valence-corrected chi connectivity index (χ4v) is 45.3. The zero-order valence-electron chi connectivity index (χ0n) is 19.6. The van der Waals surface area contributed by atoms with Crippen LogP contribution in [-0.2, 0) is 15.3 Å². The molecule has 4 heteroatoms. The van der Waals surface area contributed by atoms with Gasteiger partial charge in [-0.05, 0) is 0 Å². The van der Waals surface area contributed by atoms with Gasteiger partial charge in [-0.3, -0.25) is 0 Å². The first-order valence-corrected chi connectivity index (χ1v) is 33.3. The molecule has 2 unspecified atom stereocenters. The summed E-state index contributed by atoms with van der Waals surface area (Å²) in [6, 6.07) is 0. The molecule has 0 bridgehead atoms. The summed E-state index contributed by atoms with van der Waals surface area (Å²) in [5, 5.41) is 0. The zero-order valence-corrected chi connectivity index (χ0v) is 25.9. The zero-order chi connectivity index (χ0) is 21.6. The maximum atomic E-state index is 8.04. The molecule has 0 fully saturated rings. The van der Waals surface area contributed by atoms with Crippen LogP contribution in [0.15, 0.2) is 46.6 Å². The first-order chi connectivity index (χ1) is 12.7. The van der Waals surface area contributed by atoms with Gasteiger partial charge in [-0.25, -0.2) is 0 Å². The third-order valence-electron chi connectivity index (χ3n) is 7.06. The first kappa shape index (κ1) is 24.9. The van der Waals surface area contributed by atoms with Crippen LogP contribution in [0.1, 0.15) is 55.4 Å². The molecule has 2 rings (SSSR count). The Morgan fingerprint density at radius 3 is 1.21 bits per heavy atom. The predicted molar refractivity (Wildman–Crippen MR) is 130 cm³/mol. The standard InChI is InChI=1S/2C11H17.C2H7Si.2ClH.Hf/c2*1-8(2)10-5-6-11(7-10)9(3)4;1-3-2;;;/h2*5-9H,1-4H3;3H,1-2H3;2*1H;/q;;;;;+2/p-2. The predicted octanol–water partition coefficient (Wildman–Crippen LogP) is 8.90. The molecule has 159 valence electrons. The van der Waals surface area contributed by atoms with Crippen LogP contribution in [-0.4, -0.2) is 5.98 Å². The van der Waals surface area contributed by atoms with Crippen molar-refractivity contribution in [2.75, 3.05) is 0 Å². The molecule has 0 N–H and O–H groups in total. The molecular weight excluding hydrogens is 566 g/mol. The van der Waals surface area contributed by atoms with E-state index in [1.54, 1.807) is 0 Å². The van der Waals surface area contributed by atoms with Crippen molar-refractivity contribution < 1.29 is 15.3 Å². The molecule has 2 atom stereocenters. The Morgan fingerprint density at radius 1 is 0.679 bits per heavy atom. The summed E-state index contributed by atoms with van der Waals surface area (Å²) in [5.74, 6) is 0.694. The van der Waals surface area contributed by atoms with Crippen molar-refractivity contribution in [2.24, 2.45) is 23.7 Å². The Bertz CT molecular complexity index is 680. The molecule has 0 aromatic heterocycles. The van der Waals surface area contributed by atoms with Crippen molar-refractivity contribution in [2.45, 2.75) is 75.8 Å². The molecule has 2 aliphatic carbocycles. The molecule has 0 aromatic carbocycles. The van der Waals surface area contributed by atoms with Crippen LogP contribution in [0.5, 0.6) is 0 Å². The normalized spacial score (nSPS) is 24.8. The van der Waals surface area contributed by atoms with Crippen LogP contribution < -0.4 is 0 Å². The van der Waals surface area contributed by atoms with Crippen LogP contribution in [0.25, 0.3) is 0 Å². The minimum absolute atomic E-state index is 0.291. The molecule has 0 aromatic rings. The monoisotopic (exact) mass is 607 g/mol. The number of halogens is 2. The van der Waals surface area contributed by atoms with E-state index in [0.717, 1.165) is 0 Å². The molecule has 0 aliphatic heterocycles. The van der Waals surface area contributed by atoms with Gasteiger partial charge in [0.15, 0.2) is 0 Å². The molecule has 28 heavy (non-hydrogen) atoms. The molecule has 0 spiro atoms. The summed E-state index contributed by atoms with van der Waals surface area (Å²) in [4.78, 5) is 0. The summed E-state index contributed by atoms with van der Waals surface area (Å²) < 4.78 is 0.582. The number of hydrogen-bond acceptors (Lipinski definition) is 0. The summed E-state index contributed by atoms with van der Waals surface area (Å²) in [5.41, 5.74) is 5.88. The molecule has 0 radical (unpaired) electrons. The second-order valence-electron chi connectivity index (χ2n) is 10.6. The fraction of sp³-hybridized carbons (Fsp3) is 0.667. The van der Waals surface area contributed by atoms with Gasteiger partial charge in [-0.2, -0.15) is 0 Å². The third-order valence-corrected chi connectivity index (χ3v) is 80.2. The number of rotatable bonds is 7. The summed E-state index contributed by atoms with van der Waals surface area (Å²) >= 11 is -4.40. The molecule has 0 saturated heterocycles. The summed E-state index contributed by atoms with van der Waals surface area (Å²) in [7, 11) is 16.1. The first-order valence-electron chi connectivity index (χ1n) is 11.1. The number of allylic oxidation sites excluding steroid dienone is 8. The summed E-state index contributed by atoms with van der Waals surface area (Å²) in [6.45, 7) is 23.2. The van der Waals surface area contributed by atoms with Gasteiger partial charge < -0.3 is 0 Å². The van der Waals surface area contributed by atoms with Gasteiger partial charge in [-0.1, -0.05) is 0 Å². The second-order valence-corrected chi connectivity index (χ2v) is 70.2. The SMILES string of the molecule is CC(C)C1=C[CH]([Hf]([Cl])([Cl])([CH]2C=C(C(C)C)C=C2C(C)C)[SiH](C)C)C(C(C)C)=C1. The van der Waals surface area contributed by atoms with Crippen molar-refractivity contribution in [1.29, 1.82) is 0 Å². The third kappa shape index (κ3) is 4.19. The fourth-order valence-electron chi connectivity index (χ4n) is 4.87. The Balaban J connectivity index is 2.73. The average Bonchev–Trinajstić information content (AvgIpc) is 3.20. The van der Waals surface area contributed by atoms with Crippen LogP contribution in [0, 0.1) is 23.7 Å². The molecule has 0 saturated carbocycles. The average molecular weight is 607 g/mol. The van der Waals surface area contributed by atoms with Crippen molar-refractivity contribution >= 4 is 23.1 Å². The summed E-state index contributed by atoms with van der Waals surface area (Å²) in [6.07, 6.45) is 9.89. The van der Waals surface area contributed by atoms with Gasteiger partial charge in [0.05, 0.1) is 0 Å². The van der Waals surface area contributed by atoms with Crippen LogP contribution in [0.4, 0.5) is 0 Å². The van der Waals surface area contributed by atoms with Gasteiger partial charge in [0.25, 0.3) is 0 Å². The molecule has 0 heterocycles. The van der Waals surface area contributed by atoms with E-state index in [-0.39, 0.29) is 0 Å². The maximum absolute atomic E-state index is 8.04. The van der Waals surface area contributed by atoms with E-state index in [0.29, 0.717) is 31.0 Å². The van der Waals surface area contributed by atoms with E-state index < -0.39 is 21.3 Å². The van der Waals surface area contributed by atoms with E-state index in [4.69, 9.17) is 17.2 Å². The Hall–Kier alpha value is 0.627. The van der Waals surface area contributed by atoms with Crippen molar-refractivity contribution in [3.05, 3.63) is 46.6 Å². The van der Waals surface area contributed by atoms with Crippen LogP contribution in [0.3, 0.4) is 0 Å². The van der Waals surface area contributed by atoms with Crippen LogP contribution in [0.2, 0.25) is 20.4 Å². The van der Waals surface area contributed by atoms with E-state index in [2.05, 4.69) is 92.8 Å². The van der Waals surface area contributed by atoms with Crippen molar-refractivity contribution in [3.8, 4) is 0 Å². The van der Waals surface area contributed by atoms with Gasteiger partial charge in [-0.15, -0.1) is 0 Å². The van der Waals surface area contributed by atoms with Gasteiger partial charge in [0, 0.05) is 0 Å². The minimum atomic E-state index is -4.40. The van der Waals surface area contributed by atoms with E-state index in [9.17, 15) is 0 Å². The Morgan fingerprint density at radius 2 is 1.00 bits per heavy atom. The molecule has 2 aliphatic rings. The Labute approximate surface area is 183 Å². The molecular formula is C24H41Cl2HfSi. The van der Waals surface area contributed by atoms with Gasteiger partial charge >= 0.3 is 185 Å². The van der Waals surface area contributed by atoms with Gasteiger partial charge in [0.1, 0.15) is 0 Å². The topological polar surface area (TPSA) is 0 Å².